The van der Waals surface area contributed by atoms with Gasteiger partial charge in [-0.1, -0.05) is 140 Å². The fourth-order valence-corrected chi connectivity index (χ4v) is 7.75. The van der Waals surface area contributed by atoms with Gasteiger partial charge in [-0.2, -0.15) is 0 Å². The SMILES string of the molecule is c1cc(-c2ccc3oc4ccccc4c3c2)cc(-c2c3ccccc3c(-c3cc4ccccc4c4ccccc34)c3ccccc23)c1. The molecular formula is C46H28O. The van der Waals surface area contributed by atoms with Crippen LogP contribution in [0.25, 0.3) is 98.4 Å². The monoisotopic (exact) mass is 596 g/mol. The van der Waals surface area contributed by atoms with Gasteiger partial charge in [0.05, 0.1) is 0 Å². The van der Waals surface area contributed by atoms with E-state index < -0.39 is 0 Å². The van der Waals surface area contributed by atoms with Crippen molar-refractivity contribution >= 4 is 65.0 Å². The molecule has 0 radical (unpaired) electrons. The number of furan rings is 1. The summed E-state index contributed by atoms with van der Waals surface area (Å²) in [6.07, 6.45) is 0. The summed E-state index contributed by atoms with van der Waals surface area (Å²) in [7, 11) is 0. The van der Waals surface area contributed by atoms with Crippen LogP contribution in [-0.4, -0.2) is 0 Å². The van der Waals surface area contributed by atoms with E-state index in [0.29, 0.717) is 0 Å². The number of para-hydroxylation sites is 1. The first-order chi connectivity index (χ1) is 23.3. The highest BCUT2D eigenvalue weighted by atomic mass is 16.3. The Morgan fingerprint density at radius 3 is 1.55 bits per heavy atom. The van der Waals surface area contributed by atoms with Crippen molar-refractivity contribution < 1.29 is 4.42 Å². The van der Waals surface area contributed by atoms with Gasteiger partial charge in [-0.25, -0.2) is 0 Å². The molecule has 0 spiro atoms. The number of hydrogen-bond donors (Lipinski definition) is 0. The molecule has 10 rings (SSSR count). The summed E-state index contributed by atoms with van der Waals surface area (Å²) in [5, 5.41) is 12.4. The van der Waals surface area contributed by atoms with Gasteiger partial charge in [0.15, 0.2) is 0 Å². The van der Waals surface area contributed by atoms with Gasteiger partial charge in [-0.3, -0.25) is 0 Å². The first-order valence-electron chi connectivity index (χ1n) is 16.2. The van der Waals surface area contributed by atoms with E-state index >= 15 is 0 Å². The lowest BCUT2D eigenvalue weighted by atomic mass is 9.83. The molecule has 0 N–H and O–H groups in total. The predicted octanol–water partition coefficient (Wildman–Crippen LogP) is 13.2. The highest BCUT2D eigenvalue weighted by Gasteiger charge is 2.19. The molecule has 0 fully saturated rings. The molecule has 0 amide bonds. The van der Waals surface area contributed by atoms with Gasteiger partial charge in [0.25, 0.3) is 0 Å². The van der Waals surface area contributed by atoms with Gasteiger partial charge in [0.1, 0.15) is 11.2 Å². The van der Waals surface area contributed by atoms with E-state index in [1.807, 2.05) is 12.1 Å². The largest absolute Gasteiger partial charge is 0.456 e. The van der Waals surface area contributed by atoms with E-state index in [9.17, 15) is 0 Å². The average molecular weight is 597 g/mol. The molecule has 0 aliphatic rings. The van der Waals surface area contributed by atoms with Crippen molar-refractivity contribution in [1.82, 2.24) is 0 Å². The zero-order valence-corrected chi connectivity index (χ0v) is 25.6. The summed E-state index contributed by atoms with van der Waals surface area (Å²) in [6.45, 7) is 0. The molecule has 0 saturated heterocycles. The van der Waals surface area contributed by atoms with E-state index in [0.717, 1.165) is 21.9 Å². The molecule has 0 aliphatic carbocycles. The van der Waals surface area contributed by atoms with Crippen LogP contribution in [-0.2, 0) is 0 Å². The van der Waals surface area contributed by atoms with Crippen LogP contribution in [0.5, 0.6) is 0 Å². The molecule has 1 heterocycles. The molecule has 0 aliphatic heterocycles. The summed E-state index contributed by atoms with van der Waals surface area (Å²) in [5.74, 6) is 0. The minimum absolute atomic E-state index is 0.917. The van der Waals surface area contributed by atoms with E-state index in [1.54, 1.807) is 0 Å². The van der Waals surface area contributed by atoms with Crippen LogP contribution < -0.4 is 0 Å². The van der Waals surface area contributed by atoms with Gasteiger partial charge >= 0.3 is 0 Å². The van der Waals surface area contributed by atoms with E-state index in [4.69, 9.17) is 4.42 Å². The topological polar surface area (TPSA) is 13.1 Å². The Hall–Kier alpha value is -6.18. The average Bonchev–Trinajstić information content (AvgIpc) is 3.52. The molecule has 218 valence electrons. The molecule has 1 aromatic heterocycles. The molecule has 0 saturated carbocycles. The lowest BCUT2D eigenvalue weighted by molar-refractivity contribution is 0.669. The Bertz CT molecular complexity index is 2800. The molecular weight excluding hydrogens is 569 g/mol. The molecule has 47 heavy (non-hydrogen) atoms. The van der Waals surface area contributed by atoms with E-state index in [-0.39, 0.29) is 0 Å². The van der Waals surface area contributed by atoms with Crippen molar-refractivity contribution in [2.24, 2.45) is 0 Å². The Kier molecular flexibility index (Phi) is 5.64. The first kappa shape index (κ1) is 26.1. The Balaban J connectivity index is 1.25. The smallest absolute Gasteiger partial charge is 0.135 e. The molecule has 1 nitrogen and oxygen atoms in total. The van der Waals surface area contributed by atoms with Gasteiger partial charge in [-0.15, -0.1) is 0 Å². The third-order valence-electron chi connectivity index (χ3n) is 9.83. The van der Waals surface area contributed by atoms with Crippen LogP contribution >= 0.6 is 0 Å². The maximum atomic E-state index is 6.13. The Morgan fingerprint density at radius 1 is 0.277 bits per heavy atom. The second kappa shape index (κ2) is 10.2. The lowest BCUT2D eigenvalue weighted by Crippen LogP contribution is -1.92. The summed E-state index contributed by atoms with van der Waals surface area (Å²) >= 11 is 0. The maximum Gasteiger partial charge on any atom is 0.135 e. The minimum atomic E-state index is 0.917. The first-order valence-corrected chi connectivity index (χ1v) is 16.2. The number of fused-ring (bicyclic) bond motifs is 8. The maximum absolute atomic E-state index is 6.13. The second-order valence-electron chi connectivity index (χ2n) is 12.4. The molecule has 9 aromatic carbocycles. The highest BCUT2D eigenvalue weighted by molar-refractivity contribution is 6.25. The molecule has 0 atom stereocenters. The van der Waals surface area contributed by atoms with Crippen molar-refractivity contribution in [2.75, 3.05) is 0 Å². The summed E-state index contributed by atoms with van der Waals surface area (Å²) in [4.78, 5) is 0. The summed E-state index contributed by atoms with van der Waals surface area (Å²) < 4.78 is 6.13. The van der Waals surface area contributed by atoms with Crippen molar-refractivity contribution in [3.8, 4) is 33.4 Å². The van der Waals surface area contributed by atoms with Crippen molar-refractivity contribution in [3.05, 3.63) is 170 Å². The van der Waals surface area contributed by atoms with Gasteiger partial charge < -0.3 is 4.42 Å². The fraction of sp³-hybridized carbons (Fsp3) is 0. The highest BCUT2D eigenvalue weighted by Crippen LogP contribution is 2.47. The second-order valence-corrected chi connectivity index (χ2v) is 12.4. The predicted molar refractivity (Wildman–Crippen MR) is 200 cm³/mol. The quantitative estimate of drug-likeness (QED) is 0.146. The Morgan fingerprint density at radius 2 is 0.809 bits per heavy atom. The third kappa shape index (κ3) is 3.97. The van der Waals surface area contributed by atoms with Crippen LogP contribution in [0.2, 0.25) is 0 Å². The summed E-state index contributed by atoms with van der Waals surface area (Å²) in [6, 6.07) is 61.7. The number of benzene rings is 9. The van der Waals surface area contributed by atoms with E-state index in [1.165, 1.54) is 76.5 Å². The standard InChI is InChI=1S/C46H28O/c1-2-15-33-31(12-1)28-42(35-17-4-3-16-34(33)35)46-39-21-7-5-19-37(39)45(38-20-6-8-22-40(38)46)32-14-11-13-29(26-32)30-24-25-44-41(27-30)36-18-9-10-23-43(36)47-44/h1-28H. The fourth-order valence-electron chi connectivity index (χ4n) is 7.75. The van der Waals surface area contributed by atoms with Crippen molar-refractivity contribution in [3.63, 3.8) is 0 Å². The molecule has 10 aromatic rings. The van der Waals surface area contributed by atoms with Gasteiger partial charge in [0.2, 0.25) is 0 Å². The third-order valence-corrected chi connectivity index (χ3v) is 9.83. The van der Waals surface area contributed by atoms with Crippen molar-refractivity contribution in [2.45, 2.75) is 0 Å². The van der Waals surface area contributed by atoms with E-state index in [2.05, 4.69) is 158 Å². The molecule has 0 bridgehead atoms. The van der Waals surface area contributed by atoms with Crippen LogP contribution in [0, 0.1) is 0 Å². The zero-order valence-electron chi connectivity index (χ0n) is 25.6. The van der Waals surface area contributed by atoms with Crippen LogP contribution in [0.15, 0.2) is 174 Å². The molecule has 1 heteroatoms. The van der Waals surface area contributed by atoms with Crippen LogP contribution in [0.1, 0.15) is 0 Å². The number of hydrogen-bond acceptors (Lipinski definition) is 1. The van der Waals surface area contributed by atoms with Crippen molar-refractivity contribution in [1.29, 1.82) is 0 Å². The lowest BCUT2D eigenvalue weighted by Gasteiger charge is -2.20. The molecule has 0 unspecified atom stereocenters. The van der Waals surface area contributed by atoms with Gasteiger partial charge in [-0.05, 0) is 107 Å². The zero-order chi connectivity index (χ0) is 30.9. The Labute approximate surface area is 271 Å². The summed E-state index contributed by atoms with van der Waals surface area (Å²) in [5.41, 5.74) is 9.24. The van der Waals surface area contributed by atoms with Crippen LogP contribution in [0.3, 0.4) is 0 Å². The van der Waals surface area contributed by atoms with Gasteiger partial charge in [0, 0.05) is 10.8 Å². The van der Waals surface area contributed by atoms with Crippen LogP contribution in [0.4, 0.5) is 0 Å². The minimum Gasteiger partial charge on any atom is -0.456 e. The normalized spacial score (nSPS) is 11.8. The number of rotatable bonds is 3.